The summed E-state index contributed by atoms with van der Waals surface area (Å²) in [6, 6.07) is 14.4. The Bertz CT molecular complexity index is 1010. The SMILES string of the molecule is O=C(N/N=C\c1cccnc1)c1ccc(CS(=O)(=O)c2ccccc2)o1. The molecule has 3 aromatic rings. The smallest absolute Gasteiger partial charge is 0.307 e. The maximum atomic E-state index is 12.3. The minimum Gasteiger partial charge on any atom is -0.455 e. The molecule has 0 atom stereocenters. The van der Waals surface area contributed by atoms with Gasteiger partial charge < -0.3 is 4.42 Å². The fourth-order valence-corrected chi connectivity index (χ4v) is 3.42. The second-order valence-corrected chi connectivity index (χ2v) is 7.31. The fraction of sp³-hybridized carbons (Fsp3) is 0.0556. The van der Waals surface area contributed by atoms with Crippen molar-refractivity contribution >= 4 is 22.0 Å². The predicted molar refractivity (Wildman–Crippen MR) is 95.3 cm³/mol. The van der Waals surface area contributed by atoms with E-state index in [2.05, 4.69) is 15.5 Å². The molecule has 0 saturated carbocycles. The molecule has 0 spiro atoms. The molecule has 0 aliphatic carbocycles. The zero-order valence-corrected chi connectivity index (χ0v) is 14.4. The van der Waals surface area contributed by atoms with Crippen molar-refractivity contribution in [2.75, 3.05) is 0 Å². The van der Waals surface area contributed by atoms with Crippen molar-refractivity contribution in [3.8, 4) is 0 Å². The van der Waals surface area contributed by atoms with E-state index in [1.54, 1.807) is 42.7 Å². The van der Waals surface area contributed by atoms with Crippen LogP contribution in [0.25, 0.3) is 0 Å². The van der Waals surface area contributed by atoms with Crippen molar-refractivity contribution in [2.24, 2.45) is 5.10 Å². The first kappa shape index (κ1) is 17.6. The number of hydrazone groups is 1. The number of carbonyl (C=O) groups is 1. The summed E-state index contributed by atoms with van der Waals surface area (Å²) >= 11 is 0. The first-order valence-electron chi connectivity index (χ1n) is 7.64. The average molecular weight is 369 g/mol. The van der Waals surface area contributed by atoms with Gasteiger partial charge in [-0.25, -0.2) is 13.8 Å². The lowest BCUT2D eigenvalue weighted by Gasteiger charge is -2.02. The van der Waals surface area contributed by atoms with E-state index in [1.165, 1.54) is 30.5 Å². The Morgan fingerprint density at radius 1 is 1.12 bits per heavy atom. The Hall–Kier alpha value is -3.26. The minimum absolute atomic E-state index is 0.0217. The molecule has 0 aliphatic rings. The molecule has 132 valence electrons. The van der Waals surface area contributed by atoms with Gasteiger partial charge in [0.05, 0.1) is 11.1 Å². The summed E-state index contributed by atoms with van der Waals surface area (Å²) < 4.78 is 30.0. The molecule has 1 amide bonds. The molecule has 0 bridgehead atoms. The topological polar surface area (TPSA) is 102 Å². The van der Waals surface area contributed by atoms with Crippen LogP contribution in [-0.4, -0.2) is 25.5 Å². The summed E-state index contributed by atoms with van der Waals surface area (Å²) in [5.74, 6) is -0.751. The number of aromatic nitrogens is 1. The van der Waals surface area contributed by atoms with Crippen LogP contribution in [-0.2, 0) is 15.6 Å². The minimum atomic E-state index is -3.54. The number of carbonyl (C=O) groups excluding carboxylic acids is 1. The third-order valence-corrected chi connectivity index (χ3v) is 5.04. The molecule has 1 N–H and O–H groups in total. The largest absolute Gasteiger partial charge is 0.455 e. The van der Waals surface area contributed by atoms with Crippen molar-refractivity contribution in [3.05, 3.63) is 84.1 Å². The molecular formula is C18H15N3O4S. The zero-order chi connectivity index (χ0) is 18.4. The highest BCUT2D eigenvalue weighted by atomic mass is 32.2. The van der Waals surface area contributed by atoms with Crippen LogP contribution in [0.1, 0.15) is 21.9 Å². The van der Waals surface area contributed by atoms with Crippen molar-refractivity contribution in [2.45, 2.75) is 10.6 Å². The Balaban J connectivity index is 1.64. The molecule has 0 aliphatic heterocycles. The van der Waals surface area contributed by atoms with E-state index in [9.17, 15) is 13.2 Å². The molecule has 0 fully saturated rings. The van der Waals surface area contributed by atoms with Gasteiger partial charge in [0.25, 0.3) is 0 Å². The van der Waals surface area contributed by atoms with Crippen LogP contribution in [0.2, 0.25) is 0 Å². The van der Waals surface area contributed by atoms with Crippen molar-refractivity contribution < 1.29 is 17.6 Å². The first-order chi connectivity index (χ1) is 12.5. The summed E-state index contributed by atoms with van der Waals surface area (Å²) in [7, 11) is -3.54. The van der Waals surface area contributed by atoms with E-state index in [4.69, 9.17) is 4.42 Å². The molecule has 7 nitrogen and oxygen atoms in total. The lowest BCUT2D eigenvalue weighted by atomic mass is 10.3. The van der Waals surface area contributed by atoms with Crippen LogP contribution in [0.15, 0.2) is 81.4 Å². The number of sulfone groups is 1. The molecule has 0 radical (unpaired) electrons. The van der Waals surface area contributed by atoms with Gasteiger partial charge >= 0.3 is 5.91 Å². The Morgan fingerprint density at radius 3 is 2.65 bits per heavy atom. The van der Waals surface area contributed by atoms with Gasteiger partial charge in [0.15, 0.2) is 15.6 Å². The monoisotopic (exact) mass is 369 g/mol. The van der Waals surface area contributed by atoms with Gasteiger partial charge in [-0.1, -0.05) is 24.3 Å². The number of rotatable bonds is 6. The molecule has 2 heterocycles. The van der Waals surface area contributed by atoms with E-state index < -0.39 is 15.7 Å². The number of hydrogen-bond donors (Lipinski definition) is 1. The molecular weight excluding hydrogens is 354 g/mol. The quantitative estimate of drug-likeness (QED) is 0.531. The lowest BCUT2D eigenvalue weighted by molar-refractivity contribution is 0.0926. The Morgan fingerprint density at radius 2 is 1.92 bits per heavy atom. The second kappa shape index (κ2) is 7.75. The highest BCUT2D eigenvalue weighted by Crippen LogP contribution is 2.18. The zero-order valence-electron chi connectivity index (χ0n) is 13.6. The van der Waals surface area contributed by atoms with E-state index >= 15 is 0 Å². The van der Waals surface area contributed by atoms with Crippen molar-refractivity contribution in [1.29, 1.82) is 0 Å². The van der Waals surface area contributed by atoms with Gasteiger partial charge in [0.2, 0.25) is 0 Å². The van der Waals surface area contributed by atoms with Crippen LogP contribution < -0.4 is 5.43 Å². The van der Waals surface area contributed by atoms with E-state index in [0.29, 0.717) is 0 Å². The summed E-state index contributed by atoms with van der Waals surface area (Å²) in [5, 5.41) is 3.81. The van der Waals surface area contributed by atoms with Crippen LogP contribution >= 0.6 is 0 Å². The van der Waals surface area contributed by atoms with Crippen LogP contribution in [0, 0.1) is 0 Å². The molecule has 0 unspecified atom stereocenters. The highest BCUT2D eigenvalue weighted by Gasteiger charge is 2.19. The summed E-state index contributed by atoms with van der Waals surface area (Å²) in [5.41, 5.74) is 3.04. The summed E-state index contributed by atoms with van der Waals surface area (Å²) in [4.78, 5) is 16.1. The maximum Gasteiger partial charge on any atom is 0.307 e. The number of nitrogens with zero attached hydrogens (tertiary/aromatic N) is 2. The number of pyridine rings is 1. The number of furan rings is 1. The van der Waals surface area contributed by atoms with Gasteiger partial charge in [-0.3, -0.25) is 9.78 Å². The maximum absolute atomic E-state index is 12.3. The number of hydrogen-bond acceptors (Lipinski definition) is 6. The molecule has 3 rings (SSSR count). The Labute approximate surface area is 150 Å². The van der Waals surface area contributed by atoms with E-state index in [0.717, 1.165) is 5.56 Å². The van der Waals surface area contributed by atoms with Gasteiger partial charge in [0.1, 0.15) is 11.5 Å². The molecule has 26 heavy (non-hydrogen) atoms. The highest BCUT2D eigenvalue weighted by molar-refractivity contribution is 7.90. The van der Waals surface area contributed by atoms with E-state index in [1.807, 2.05) is 0 Å². The number of nitrogens with one attached hydrogen (secondary N) is 1. The van der Waals surface area contributed by atoms with Crippen molar-refractivity contribution in [3.63, 3.8) is 0 Å². The third kappa shape index (κ3) is 4.42. The molecule has 1 aromatic carbocycles. The van der Waals surface area contributed by atoms with Gasteiger partial charge in [-0.05, 0) is 30.3 Å². The Kier molecular flexibility index (Phi) is 5.23. The number of amides is 1. The van der Waals surface area contributed by atoms with Crippen LogP contribution in [0.3, 0.4) is 0 Å². The first-order valence-corrected chi connectivity index (χ1v) is 9.30. The summed E-state index contributed by atoms with van der Waals surface area (Å²) in [6.07, 6.45) is 4.66. The van der Waals surface area contributed by atoms with Crippen LogP contribution in [0.5, 0.6) is 0 Å². The molecule has 0 saturated heterocycles. The number of benzene rings is 1. The predicted octanol–water partition coefficient (Wildman–Crippen LogP) is 2.41. The third-order valence-electron chi connectivity index (χ3n) is 3.38. The van der Waals surface area contributed by atoms with E-state index in [-0.39, 0.29) is 22.2 Å². The second-order valence-electron chi connectivity index (χ2n) is 5.32. The molecule has 2 aromatic heterocycles. The van der Waals surface area contributed by atoms with Gasteiger partial charge in [0, 0.05) is 18.0 Å². The van der Waals surface area contributed by atoms with Crippen LogP contribution in [0.4, 0.5) is 0 Å². The lowest BCUT2D eigenvalue weighted by Crippen LogP contribution is -2.16. The standard InChI is InChI=1S/C18H15N3O4S/c22-18(21-20-12-14-5-4-10-19-11-14)17-9-8-15(25-17)13-26(23,24)16-6-2-1-3-7-16/h1-12H,13H2,(H,21,22)/b20-12-. The van der Waals surface area contributed by atoms with Crippen molar-refractivity contribution in [1.82, 2.24) is 10.4 Å². The van der Waals surface area contributed by atoms with Gasteiger partial charge in [-0.15, -0.1) is 0 Å². The van der Waals surface area contributed by atoms with Gasteiger partial charge in [-0.2, -0.15) is 5.10 Å². The normalized spacial score (nSPS) is 11.5. The average Bonchev–Trinajstić information content (AvgIpc) is 3.11. The molecule has 8 heteroatoms. The summed E-state index contributed by atoms with van der Waals surface area (Å²) in [6.45, 7) is 0. The fourth-order valence-electron chi connectivity index (χ4n) is 2.15.